The predicted octanol–water partition coefficient (Wildman–Crippen LogP) is -0.0225. The zero-order valence-corrected chi connectivity index (χ0v) is 6.80. The summed E-state index contributed by atoms with van der Waals surface area (Å²) >= 11 is 1.35. The van der Waals surface area contributed by atoms with Crippen molar-refractivity contribution in [2.45, 2.75) is 0 Å². The molecule has 0 radical (unpaired) electrons. The largest absolute Gasteiger partial charge is 0.321 e. The second-order valence-electron chi connectivity index (χ2n) is 1.99. The maximum atomic E-state index is 11.1. The van der Waals surface area contributed by atoms with Gasteiger partial charge >= 0.3 is 0 Å². The Labute approximate surface area is 69.1 Å². The fourth-order valence-electron chi connectivity index (χ4n) is 0.805. The lowest BCUT2D eigenvalue weighted by molar-refractivity contribution is -0.123. The molecule has 0 aromatic carbocycles. The monoisotopic (exact) mass is 171 g/mol. The van der Waals surface area contributed by atoms with Crippen LogP contribution in [0.5, 0.6) is 0 Å². The Morgan fingerprint density at radius 2 is 2.64 bits per heavy atom. The van der Waals surface area contributed by atoms with Crippen molar-refractivity contribution in [1.82, 2.24) is 4.90 Å². The number of rotatable bonds is 2. The first kappa shape index (κ1) is 8.13. The Morgan fingerprint density at radius 1 is 1.91 bits per heavy atom. The van der Waals surface area contributed by atoms with E-state index in [1.807, 2.05) is 0 Å². The highest BCUT2D eigenvalue weighted by Gasteiger charge is 2.26. The molecule has 11 heavy (non-hydrogen) atoms. The third kappa shape index (κ3) is 1.54. The third-order valence-electron chi connectivity index (χ3n) is 1.28. The summed E-state index contributed by atoms with van der Waals surface area (Å²) < 4.78 is 0. The topological polar surface area (TPSA) is 58.7 Å². The smallest absolute Gasteiger partial charge is 0.239 e. The summed E-state index contributed by atoms with van der Waals surface area (Å²) in [5.74, 6) is 5.53. The van der Waals surface area contributed by atoms with Crippen molar-refractivity contribution in [1.29, 1.82) is 0 Å². The number of hydrazone groups is 1. The van der Waals surface area contributed by atoms with Gasteiger partial charge in [0.1, 0.15) is 0 Å². The van der Waals surface area contributed by atoms with E-state index < -0.39 is 0 Å². The van der Waals surface area contributed by atoms with Crippen LogP contribution in [0, 0.1) is 0 Å². The minimum Gasteiger partial charge on any atom is -0.321 e. The first-order valence-corrected chi connectivity index (χ1v) is 4.10. The second-order valence-corrected chi connectivity index (χ2v) is 2.94. The molecule has 0 aromatic rings. The minimum absolute atomic E-state index is 0.0408. The molecule has 0 bridgehead atoms. The fourth-order valence-corrected chi connectivity index (χ4v) is 1.62. The van der Waals surface area contributed by atoms with Crippen LogP contribution >= 0.6 is 11.8 Å². The SMILES string of the molecule is C=CCN1C(=O)CS/C1=N/N. The van der Waals surface area contributed by atoms with Gasteiger partial charge in [0.2, 0.25) is 5.91 Å². The summed E-state index contributed by atoms with van der Waals surface area (Å²) in [6.45, 7) is 4.02. The summed E-state index contributed by atoms with van der Waals surface area (Å²) in [6.07, 6.45) is 1.65. The zero-order valence-electron chi connectivity index (χ0n) is 5.99. The van der Waals surface area contributed by atoms with E-state index in [0.717, 1.165) is 0 Å². The van der Waals surface area contributed by atoms with Crippen molar-refractivity contribution in [2.24, 2.45) is 10.9 Å². The molecular weight excluding hydrogens is 162 g/mol. The van der Waals surface area contributed by atoms with Crippen molar-refractivity contribution in [3.63, 3.8) is 0 Å². The quantitative estimate of drug-likeness (QED) is 0.361. The molecule has 4 nitrogen and oxygen atoms in total. The van der Waals surface area contributed by atoms with Crippen molar-refractivity contribution >= 4 is 22.8 Å². The molecular formula is C6H9N3OS. The number of carbonyl (C=O) groups is 1. The first-order valence-electron chi connectivity index (χ1n) is 3.11. The lowest BCUT2D eigenvalue weighted by atomic mass is 10.5. The molecule has 60 valence electrons. The molecule has 2 N–H and O–H groups in total. The first-order chi connectivity index (χ1) is 5.29. The molecule has 0 aromatic heterocycles. The number of carbonyl (C=O) groups excluding carboxylic acids is 1. The van der Waals surface area contributed by atoms with E-state index in [2.05, 4.69) is 11.7 Å². The average Bonchev–Trinajstić information content (AvgIpc) is 2.34. The van der Waals surface area contributed by atoms with Gasteiger partial charge in [0.25, 0.3) is 0 Å². The number of nitrogens with zero attached hydrogens (tertiary/aromatic N) is 2. The Hall–Kier alpha value is -0.970. The molecule has 1 fully saturated rings. The highest BCUT2D eigenvalue weighted by molar-refractivity contribution is 8.15. The molecule has 1 rings (SSSR count). The number of amidine groups is 1. The van der Waals surface area contributed by atoms with E-state index in [0.29, 0.717) is 17.5 Å². The number of nitrogens with two attached hydrogens (primary N) is 1. The van der Waals surface area contributed by atoms with E-state index in [9.17, 15) is 4.79 Å². The molecule has 1 aliphatic heterocycles. The van der Waals surface area contributed by atoms with Gasteiger partial charge in [-0.1, -0.05) is 17.8 Å². The maximum absolute atomic E-state index is 11.1. The summed E-state index contributed by atoms with van der Waals surface area (Å²) in [6, 6.07) is 0. The van der Waals surface area contributed by atoms with Crippen LogP contribution in [-0.4, -0.2) is 28.3 Å². The molecule has 0 unspecified atom stereocenters. The molecule has 0 spiro atoms. The highest BCUT2D eigenvalue weighted by atomic mass is 32.2. The van der Waals surface area contributed by atoms with E-state index in [1.165, 1.54) is 16.7 Å². The molecule has 0 saturated carbocycles. The van der Waals surface area contributed by atoms with Crippen LogP contribution in [0.2, 0.25) is 0 Å². The Balaban J connectivity index is 2.71. The van der Waals surface area contributed by atoms with Crippen molar-refractivity contribution < 1.29 is 4.79 Å². The fraction of sp³-hybridized carbons (Fsp3) is 0.333. The molecule has 0 atom stereocenters. The van der Waals surface area contributed by atoms with Gasteiger partial charge in [-0.3, -0.25) is 9.69 Å². The highest BCUT2D eigenvalue weighted by Crippen LogP contribution is 2.17. The minimum atomic E-state index is 0.0408. The number of hydrogen-bond donors (Lipinski definition) is 1. The van der Waals surface area contributed by atoms with Crippen LogP contribution in [0.1, 0.15) is 0 Å². The second kappa shape index (κ2) is 3.43. The summed E-state index contributed by atoms with van der Waals surface area (Å²) in [5.41, 5.74) is 0. The van der Waals surface area contributed by atoms with Crippen LogP contribution in [0.25, 0.3) is 0 Å². The van der Waals surface area contributed by atoms with E-state index in [4.69, 9.17) is 5.84 Å². The number of amides is 1. The van der Waals surface area contributed by atoms with Crippen molar-refractivity contribution in [2.75, 3.05) is 12.3 Å². The van der Waals surface area contributed by atoms with E-state index in [-0.39, 0.29) is 5.91 Å². The average molecular weight is 171 g/mol. The van der Waals surface area contributed by atoms with Crippen molar-refractivity contribution in [3.8, 4) is 0 Å². The van der Waals surface area contributed by atoms with Gasteiger partial charge in [0.05, 0.1) is 5.75 Å². The van der Waals surface area contributed by atoms with Gasteiger partial charge in [0.15, 0.2) is 5.17 Å². The van der Waals surface area contributed by atoms with Crippen molar-refractivity contribution in [3.05, 3.63) is 12.7 Å². The summed E-state index contributed by atoms with van der Waals surface area (Å²) in [7, 11) is 0. The number of thioether (sulfide) groups is 1. The molecule has 5 heteroatoms. The Kier molecular flexibility index (Phi) is 2.53. The molecule has 1 saturated heterocycles. The Morgan fingerprint density at radius 3 is 3.18 bits per heavy atom. The van der Waals surface area contributed by atoms with Crippen LogP contribution < -0.4 is 5.84 Å². The van der Waals surface area contributed by atoms with Gasteiger partial charge in [-0.05, 0) is 0 Å². The van der Waals surface area contributed by atoms with E-state index >= 15 is 0 Å². The predicted molar refractivity (Wildman–Crippen MR) is 46.0 cm³/mol. The molecule has 1 amide bonds. The van der Waals surface area contributed by atoms with Gasteiger partial charge < -0.3 is 5.84 Å². The maximum Gasteiger partial charge on any atom is 0.239 e. The standard InChI is InChI=1S/C6H9N3OS/c1-2-3-9-5(10)4-11-6(9)8-7/h2H,1,3-4,7H2/b8-6+. The third-order valence-corrected chi connectivity index (χ3v) is 2.25. The van der Waals surface area contributed by atoms with Crippen LogP contribution in [0.4, 0.5) is 0 Å². The normalized spacial score (nSPS) is 21.3. The molecule has 1 heterocycles. The van der Waals surface area contributed by atoms with Gasteiger partial charge in [0, 0.05) is 6.54 Å². The van der Waals surface area contributed by atoms with Gasteiger partial charge in [-0.2, -0.15) is 5.10 Å². The number of hydrogen-bond acceptors (Lipinski definition) is 4. The lowest BCUT2D eigenvalue weighted by Crippen LogP contribution is -2.30. The van der Waals surface area contributed by atoms with Gasteiger partial charge in [-0.15, -0.1) is 6.58 Å². The molecule has 0 aliphatic carbocycles. The summed E-state index contributed by atoms with van der Waals surface area (Å²) in [4.78, 5) is 12.6. The van der Waals surface area contributed by atoms with Crippen LogP contribution in [-0.2, 0) is 4.79 Å². The Bertz CT molecular complexity index is 214. The van der Waals surface area contributed by atoms with Gasteiger partial charge in [-0.25, -0.2) is 0 Å². The zero-order chi connectivity index (χ0) is 8.27. The van der Waals surface area contributed by atoms with Crippen LogP contribution in [0.3, 0.4) is 0 Å². The summed E-state index contributed by atoms with van der Waals surface area (Å²) in [5, 5.41) is 4.05. The lowest BCUT2D eigenvalue weighted by Gasteiger charge is -2.11. The van der Waals surface area contributed by atoms with E-state index in [1.54, 1.807) is 6.08 Å². The van der Waals surface area contributed by atoms with Crippen LogP contribution in [0.15, 0.2) is 17.8 Å². The molecule has 1 aliphatic rings.